The molecule has 4 aromatic carbocycles. The summed E-state index contributed by atoms with van der Waals surface area (Å²) in [6.45, 7) is 2.00. The quantitative estimate of drug-likeness (QED) is 0.111. The maximum atomic E-state index is 14.6. The summed E-state index contributed by atoms with van der Waals surface area (Å²) in [6, 6.07) is 11.5. The Bertz CT molecular complexity index is 1540. The van der Waals surface area contributed by atoms with Crippen molar-refractivity contribution in [3.63, 3.8) is 0 Å². The number of ether oxygens (including phenoxy) is 1. The molecule has 37 heavy (non-hydrogen) atoms. The largest absolute Gasteiger partial charge is 0.489 e. The molecule has 0 atom stereocenters. The van der Waals surface area contributed by atoms with Crippen molar-refractivity contribution in [3.05, 3.63) is 124 Å². The highest BCUT2D eigenvalue weighted by atomic mass is 19.2. The lowest BCUT2D eigenvalue weighted by molar-refractivity contribution is 0.356. The molecule has 0 aliphatic carbocycles. The Hall–Kier alpha value is -4.18. The zero-order valence-corrected chi connectivity index (χ0v) is 19.6. The summed E-state index contributed by atoms with van der Waals surface area (Å²) in [5.41, 5.74) is 0.825. The van der Waals surface area contributed by atoms with Gasteiger partial charge in [-0.15, -0.1) is 0 Å². The predicted octanol–water partition coefficient (Wildman–Crippen LogP) is 7.81. The van der Waals surface area contributed by atoms with Crippen molar-refractivity contribution in [2.45, 2.75) is 19.8 Å². The second kappa shape index (κ2) is 11.3. The Balaban J connectivity index is 1.47. The first-order chi connectivity index (χ1) is 17.8. The van der Waals surface area contributed by atoms with Crippen molar-refractivity contribution in [2.75, 3.05) is 6.61 Å². The van der Waals surface area contributed by atoms with Crippen LogP contribution in [0.5, 0.6) is 5.75 Å². The topological polar surface area (TPSA) is 9.23 Å². The van der Waals surface area contributed by atoms with Crippen molar-refractivity contribution in [3.8, 4) is 17.6 Å². The van der Waals surface area contributed by atoms with Gasteiger partial charge in [0.15, 0.2) is 17.5 Å². The zero-order valence-electron chi connectivity index (χ0n) is 19.6. The van der Waals surface area contributed by atoms with Gasteiger partial charge in [-0.05, 0) is 61.0 Å². The first kappa shape index (κ1) is 25.9. The van der Waals surface area contributed by atoms with Crippen molar-refractivity contribution >= 4 is 10.8 Å². The van der Waals surface area contributed by atoms with Gasteiger partial charge in [-0.25, -0.2) is 26.3 Å². The average molecular weight is 510 g/mol. The predicted molar refractivity (Wildman–Crippen MR) is 130 cm³/mol. The molecule has 7 heteroatoms. The fourth-order valence-corrected chi connectivity index (χ4v) is 3.75. The van der Waals surface area contributed by atoms with E-state index in [0.29, 0.717) is 11.1 Å². The minimum atomic E-state index is -1.55. The minimum absolute atomic E-state index is 0.0160. The van der Waals surface area contributed by atoms with Crippen LogP contribution in [0.15, 0.2) is 66.7 Å². The Labute approximate surface area is 210 Å². The van der Waals surface area contributed by atoms with Crippen LogP contribution in [0, 0.1) is 46.7 Å². The van der Waals surface area contributed by atoms with E-state index in [9.17, 15) is 26.3 Å². The lowest BCUT2D eigenvalue weighted by Crippen LogP contribution is -2.02. The fraction of sp³-hybridized carbons (Fsp3) is 0.133. The Morgan fingerprint density at radius 3 is 2.19 bits per heavy atom. The van der Waals surface area contributed by atoms with E-state index in [2.05, 4.69) is 11.8 Å². The summed E-state index contributed by atoms with van der Waals surface area (Å²) < 4.78 is 89.5. The van der Waals surface area contributed by atoms with Crippen molar-refractivity contribution in [2.24, 2.45) is 0 Å². The van der Waals surface area contributed by atoms with Crippen LogP contribution in [0.4, 0.5) is 26.3 Å². The van der Waals surface area contributed by atoms with Crippen LogP contribution in [0.25, 0.3) is 10.8 Å². The number of benzene rings is 4. The third-order valence-electron chi connectivity index (χ3n) is 5.71. The molecule has 0 fully saturated rings. The van der Waals surface area contributed by atoms with Crippen LogP contribution in [0.2, 0.25) is 0 Å². The number of fused-ring (bicyclic) bond motifs is 1. The SMILES string of the molecule is C/C=C/COc1cc(F)c(CCc2ccc(C#Cc3ccc4c(F)c(F)c(F)cc4c3)c(F)c2)c(F)c1. The van der Waals surface area contributed by atoms with Crippen LogP contribution < -0.4 is 4.74 Å². The number of hydrogen-bond acceptors (Lipinski definition) is 1. The molecule has 4 aromatic rings. The minimum Gasteiger partial charge on any atom is -0.489 e. The number of hydrogen-bond donors (Lipinski definition) is 0. The van der Waals surface area contributed by atoms with Gasteiger partial charge in [0, 0.05) is 28.6 Å². The van der Waals surface area contributed by atoms with E-state index < -0.39 is 34.9 Å². The molecular formula is C30H20F6O. The summed E-state index contributed by atoms with van der Waals surface area (Å²) in [4.78, 5) is 0. The smallest absolute Gasteiger partial charge is 0.195 e. The summed E-state index contributed by atoms with van der Waals surface area (Å²) >= 11 is 0. The monoisotopic (exact) mass is 510 g/mol. The average Bonchev–Trinajstić information content (AvgIpc) is 2.86. The van der Waals surface area contributed by atoms with Crippen LogP contribution in [0.3, 0.4) is 0 Å². The van der Waals surface area contributed by atoms with E-state index in [1.54, 1.807) is 25.1 Å². The molecule has 0 saturated heterocycles. The summed E-state index contributed by atoms with van der Waals surface area (Å²) in [5.74, 6) is -0.800. The molecular weight excluding hydrogens is 490 g/mol. The first-order valence-electron chi connectivity index (χ1n) is 11.4. The van der Waals surface area contributed by atoms with Gasteiger partial charge in [-0.3, -0.25) is 0 Å². The molecule has 0 aliphatic heterocycles. The standard InChI is InChI=1S/C30H20F6O/c1-2-3-12-37-22-16-26(32)24(27(33)17-22)11-7-19-5-9-20(25(31)14-19)8-4-18-6-10-23-21(13-18)15-28(34)30(36)29(23)35/h2-3,5-6,9-10,13-17H,7,11-12H2,1H3/b3-2+. The highest BCUT2D eigenvalue weighted by Crippen LogP contribution is 2.25. The van der Waals surface area contributed by atoms with Crippen molar-refractivity contribution < 1.29 is 31.1 Å². The number of rotatable bonds is 6. The molecule has 0 bridgehead atoms. The third kappa shape index (κ3) is 5.97. The molecule has 0 N–H and O–H groups in total. The van der Waals surface area contributed by atoms with Crippen LogP contribution >= 0.6 is 0 Å². The number of aryl methyl sites for hydroxylation is 1. The van der Waals surface area contributed by atoms with Gasteiger partial charge in [0.2, 0.25) is 0 Å². The maximum Gasteiger partial charge on any atom is 0.195 e. The molecule has 0 aliphatic rings. The van der Waals surface area contributed by atoms with E-state index in [-0.39, 0.29) is 47.1 Å². The molecule has 0 radical (unpaired) electrons. The van der Waals surface area contributed by atoms with Crippen LogP contribution in [0.1, 0.15) is 29.2 Å². The molecule has 4 rings (SSSR count). The summed E-state index contributed by atoms with van der Waals surface area (Å²) in [7, 11) is 0. The van der Waals surface area contributed by atoms with Crippen molar-refractivity contribution in [1.82, 2.24) is 0 Å². The van der Waals surface area contributed by atoms with Gasteiger partial charge < -0.3 is 4.74 Å². The lowest BCUT2D eigenvalue weighted by atomic mass is 10.0. The highest BCUT2D eigenvalue weighted by Gasteiger charge is 2.14. The van der Waals surface area contributed by atoms with Crippen molar-refractivity contribution in [1.29, 1.82) is 0 Å². The zero-order chi connectivity index (χ0) is 26.5. The molecule has 0 spiro atoms. The van der Waals surface area contributed by atoms with E-state index >= 15 is 0 Å². The number of halogens is 6. The van der Waals surface area contributed by atoms with Gasteiger partial charge in [-0.2, -0.15) is 0 Å². The summed E-state index contributed by atoms with van der Waals surface area (Å²) in [5, 5.41) is 0.0274. The molecule has 0 saturated carbocycles. The van der Waals surface area contributed by atoms with Gasteiger partial charge >= 0.3 is 0 Å². The highest BCUT2D eigenvalue weighted by molar-refractivity contribution is 5.84. The molecule has 0 amide bonds. The van der Waals surface area contributed by atoms with Gasteiger partial charge in [-0.1, -0.05) is 36.1 Å². The Morgan fingerprint density at radius 1 is 0.730 bits per heavy atom. The Morgan fingerprint density at radius 2 is 1.49 bits per heavy atom. The van der Waals surface area contributed by atoms with Gasteiger partial charge in [0.05, 0.1) is 5.56 Å². The maximum absolute atomic E-state index is 14.6. The molecule has 188 valence electrons. The van der Waals surface area contributed by atoms with Gasteiger partial charge in [0.25, 0.3) is 0 Å². The molecule has 0 aromatic heterocycles. The van der Waals surface area contributed by atoms with Crippen LogP contribution in [-0.2, 0) is 12.8 Å². The van der Waals surface area contributed by atoms with E-state index in [1.807, 2.05) is 0 Å². The molecule has 0 unspecified atom stereocenters. The summed E-state index contributed by atoms with van der Waals surface area (Å²) in [6.07, 6.45) is 3.67. The molecule has 1 nitrogen and oxygen atoms in total. The van der Waals surface area contributed by atoms with Crippen LogP contribution in [-0.4, -0.2) is 6.61 Å². The first-order valence-corrected chi connectivity index (χ1v) is 11.4. The normalized spacial score (nSPS) is 11.1. The second-order valence-corrected chi connectivity index (χ2v) is 8.23. The third-order valence-corrected chi connectivity index (χ3v) is 5.71. The Kier molecular flexibility index (Phi) is 7.88. The van der Waals surface area contributed by atoms with E-state index in [4.69, 9.17) is 4.74 Å². The van der Waals surface area contributed by atoms with E-state index in [1.165, 1.54) is 30.3 Å². The number of allylic oxidation sites excluding steroid dienone is 1. The fourth-order valence-electron chi connectivity index (χ4n) is 3.75. The molecule has 0 heterocycles. The van der Waals surface area contributed by atoms with Gasteiger partial charge in [0.1, 0.15) is 29.8 Å². The van der Waals surface area contributed by atoms with E-state index in [0.717, 1.165) is 18.2 Å². The lowest BCUT2D eigenvalue weighted by Gasteiger charge is -2.09. The second-order valence-electron chi connectivity index (χ2n) is 8.23.